The number of nitrogens with zero attached hydrogens (tertiary/aromatic N) is 3. The maximum absolute atomic E-state index is 13.3. The van der Waals surface area contributed by atoms with Crippen LogP contribution in [0.15, 0.2) is 54.6 Å². The van der Waals surface area contributed by atoms with Gasteiger partial charge in [-0.15, -0.1) is 0 Å². The average molecular weight is 521 g/mol. The van der Waals surface area contributed by atoms with Gasteiger partial charge >= 0.3 is 0 Å². The molecule has 3 aromatic rings. The first-order chi connectivity index (χ1) is 18.0. The van der Waals surface area contributed by atoms with E-state index in [9.17, 15) is 9.59 Å². The van der Waals surface area contributed by atoms with E-state index in [0.717, 1.165) is 35.7 Å². The molecule has 0 aliphatic heterocycles. The third-order valence-corrected chi connectivity index (χ3v) is 6.13. The van der Waals surface area contributed by atoms with Crippen molar-refractivity contribution in [3.63, 3.8) is 0 Å². The molecule has 0 bridgehead atoms. The number of hydrogen-bond acceptors (Lipinski definition) is 5. The summed E-state index contributed by atoms with van der Waals surface area (Å²) in [5.74, 6) is 1.48. The molecule has 8 heteroatoms. The number of ether oxygens (including phenoxy) is 2. The smallest absolute Gasteiger partial charge is 0.254 e. The summed E-state index contributed by atoms with van der Waals surface area (Å²) < 4.78 is 12.7. The molecule has 1 heterocycles. The van der Waals surface area contributed by atoms with Crippen LogP contribution in [0.3, 0.4) is 0 Å². The molecule has 38 heavy (non-hydrogen) atoms. The monoisotopic (exact) mass is 520 g/mol. The molecule has 3 rings (SSSR count). The quantitative estimate of drug-likeness (QED) is 0.321. The lowest BCUT2D eigenvalue weighted by Crippen LogP contribution is -2.42. The molecule has 0 radical (unpaired) electrons. The van der Waals surface area contributed by atoms with Crippen molar-refractivity contribution >= 4 is 17.6 Å². The summed E-state index contributed by atoms with van der Waals surface area (Å²) in [6.07, 6.45) is 2.03. The second-order valence-electron chi connectivity index (χ2n) is 10.6. The largest absolute Gasteiger partial charge is 0.497 e. The van der Waals surface area contributed by atoms with Gasteiger partial charge in [0, 0.05) is 23.1 Å². The Morgan fingerprint density at radius 1 is 1.03 bits per heavy atom. The SMILES string of the molecule is CCCCOc1ccc(C(=O)N(CC(=O)Nc2cc(C(C)(C)C)nn2-c2ccc(OC)cc2)C(C)C)cc1. The molecule has 0 unspecified atom stereocenters. The van der Waals surface area contributed by atoms with E-state index in [1.54, 1.807) is 41.0 Å². The molecule has 8 nitrogen and oxygen atoms in total. The molecule has 0 atom stereocenters. The number of hydrogen-bond donors (Lipinski definition) is 1. The first kappa shape index (κ1) is 28.8. The highest BCUT2D eigenvalue weighted by Gasteiger charge is 2.25. The minimum atomic E-state index is -0.304. The van der Waals surface area contributed by atoms with Crippen LogP contribution in [0.5, 0.6) is 11.5 Å². The first-order valence-electron chi connectivity index (χ1n) is 13.1. The minimum Gasteiger partial charge on any atom is -0.497 e. The Balaban J connectivity index is 1.78. The van der Waals surface area contributed by atoms with Crippen molar-refractivity contribution in [2.75, 3.05) is 25.6 Å². The van der Waals surface area contributed by atoms with Crippen LogP contribution in [0, 0.1) is 0 Å². The number of anilines is 1. The van der Waals surface area contributed by atoms with Gasteiger partial charge in [-0.25, -0.2) is 4.68 Å². The van der Waals surface area contributed by atoms with Gasteiger partial charge in [0.05, 0.1) is 25.1 Å². The topological polar surface area (TPSA) is 85.7 Å². The summed E-state index contributed by atoms with van der Waals surface area (Å²) in [7, 11) is 1.61. The van der Waals surface area contributed by atoms with E-state index in [-0.39, 0.29) is 29.8 Å². The number of benzene rings is 2. The molecule has 0 saturated carbocycles. The fourth-order valence-corrected chi connectivity index (χ4v) is 3.78. The van der Waals surface area contributed by atoms with Crippen LogP contribution in [0.4, 0.5) is 5.82 Å². The zero-order chi connectivity index (χ0) is 27.9. The van der Waals surface area contributed by atoms with Gasteiger partial charge in [0.25, 0.3) is 5.91 Å². The molecule has 0 fully saturated rings. The molecule has 0 aliphatic carbocycles. The fourth-order valence-electron chi connectivity index (χ4n) is 3.78. The lowest BCUT2D eigenvalue weighted by atomic mass is 9.92. The van der Waals surface area contributed by atoms with Gasteiger partial charge in [-0.2, -0.15) is 5.10 Å². The van der Waals surface area contributed by atoms with Crippen LogP contribution in [-0.2, 0) is 10.2 Å². The normalized spacial score (nSPS) is 11.4. The summed E-state index contributed by atoms with van der Waals surface area (Å²) in [5.41, 5.74) is 1.91. The zero-order valence-corrected chi connectivity index (χ0v) is 23.6. The second-order valence-corrected chi connectivity index (χ2v) is 10.6. The Kier molecular flexibility index (Phi) is 9.55. The molecule has 0 spiro atoms. The number of carbonyl (C=O) groups is 2. The van der Waals surface area contributed by atoms with Crippen molar-refractivity contribution in [1.82, 2.24) is 14.7 Å². The number of nitrogens with one attached hydrogen (secondary N) is 1. The molecule has 0 saturated heterocycles. The van der Waals surface area contributed by atoms with Crippen LogP contribution in [0.25, 0.3) is 5.69 Å². The fraction of sp³-hybridized carbons (Fsp3) is 0.433. The van der Waals surface area contributed by atoms with Crippen LogP contribution in [0.2, 0.25) is 0 Å². The van der Waals surface area contributed by atoms with E-state index in [4.69, 9.17) is 14.6 Å². The molecular weight excluding hydrogens is 480 g/mol. The van der Waals surface area contributed by atoms with E-state index in [2.05, 4.69) is 33.0 Å². The Hall–Kier alpha value is -3.81. The Morgan fingerprint density at radius 2 is 1.66 bits per heavy atom. The maximum atomic E-state index is 13.3. The van der Waals surface area contributed by atoms with Crippen LogP contribution < -0.4 is 14.8 Å². The van der Waals surface area contributed by atoms with E-state index in [1.807, 2.05) is 44.2 Å². The highest BCUT2D eigenvalue weighted by Crippen LogP contribution is 2.27. The van der Waals surface area contributed by atoms with Crippen molar-refractivity contribution in [3.05, 3.63) is 65.9 Å². The van der Waals surface area contributed by atoms with E-state index < -0.39 is 0 Å². The molecule has 2 amide bonds. The van der Waals surface area contributed by atoms with Crippen LogP contribution >= 0.6 is 0 Å². The first-order valence-corrected chi connectivity index (χ1v) is 13.1. The number of aromatic nitrogens is 2. The summed E-state index contributed by atoms with van der Waals surface area (Å²) in [4.78, 5) is 28.1. The van der Waals surface area contributed by atoms with Crippen molar-refractivity contribution in [2.24, 2.45) is 0 Å². The summed E-state index contributed by atoms with van der Waals surface area (Å²) >= 11 is 0. The summed E-state index contributed by atoms with van der Waals surface area (Å²) in [6, 6.07) is 16.2. The Bertz CT molecular complexity index is 1210. The highest BCUT2D eigenvalue weighted by atomic mass is 16.5. The van der Waals surface area contributed by atoms with Gasteiger partial charge in [-0.05, 0) is 68.8 Å². The molecule has 0 aliphatic rings. The van der Waals surface area contributed by atoms with Crippen molar-refractivity contribution in [3.8, 4) is 17.2 Å². The third kappa shape index (κ3) is 7.37. The standard InChI is InChI=1S/C30H40N4O4/c1-8-9-18-38-25-14-10-22(11-15-25)29(36)33(21(2)3)20-28(35)31-27-19-26(30(4,5)6)32-34(27)23-12-16-24(37-7)17-13-23/h10-17,19,21H,8-9,18,20H2,1-7H3,(H,31,35). The Labute approximate surface area is 225 Å². The minimum absolute atomic E-state index is 0.0934. The van der Waals surface area contributed by atoms with Crippen LogP contribution in [0.1, 0.15) is 70.4 Å². The number of rotatable bonds is 11. The Morgan fingerprint density at radius 3 is 2.21 bits per heavy atom. The number of carbonyl (C=O) groups excluding carboxylic acids is 2. The van der Waals surface area contributed by atoms with Gasteiger partial charge in [0.2, 0.25) is 5.91 Å². The lowest BCUT2D eigenvalue weighted by Gasteiger charge is -2.26. The predicted octanol–water partition coefficient (Wildman–Crippen LogP) is 5.85. The predicted molar refractivity (Wildman–Crippen MR) is 150 cm³/mol. The van der Waals surface area contributed by atoms with Gasteiger partial charge in [-0.3, -0.25) is 9.59 Å². The number of methoxy groups -OCH3 is 1. The third-order valence-electron chi connectivity index (χ3n) is 6.13. The van der Waals surface area contributed by atoms with Crippen molar-refractivity contribution in [1.29, 1.82) is 0 Å². The van der Waals surface area contributed by atoms with Crippen molar-refractivity contribution in [2.45, 2.75) is 65.8 Å². The zero-order valence-electron chi connectivity index (χ0n) is 23.6. The average Bonchev–Trinajstić information content (AvgIpc) is 3.31. The molecular formula is C30H40N4O4. The molecule has 2 aromatic carbocycles. The van der Waals surface area contributed by atoms with Crippen molar-refractivity contribution < 1.29 is 19.1 Å². The highest BCUT2D eigenvalue weighted by molar-refractivity contribution is 5.99. The van der Waals surface area contributed by atoms with Gasteiger partial charge in [-0.1, -0.05) is 34.1 Å². The molecule has 1 N–H and O–H groups in total. The van der Waals surface area contributed by atoms with Gasteiger partial charge in [0.1, 0.15) is 23.9 Å². The van der Waals surface area contributed by atoms with Gasteiger partial charge in [0.15, 0.2) is 0 Å². The van der Waals surface area contributed by atoms with E-state index >= 15 is 0 Å². The summed E-state index contributed by atoms with van der Waals surface area (Å²) in [6.45, 7) is 12.7. The number of amides is 2. The lowest BCUT2D eigenvalue weighted by molar-refractivity contribution is -0.117. The number of unbranched alkanes of at least 4 members (excludes halogenated alkanes) is 1. The molecule has 204 valence electrons. The molecule has 1 aromatic heterocycles. The summed E-state index contributed by atoms with van der Waals surface area (Å²) in [5, 5.41) is 7.74. The van der Waals surface area contributed by atoms with E-state index in [1.165, 1.54) is 0 Å². The second kappa shape index (κ2) is 12.6. The van der Waals surface area contributed by atoms with Crippen LogP contribution in [-0.4, -0.2) is 52.8 Å². The maximum Gasteiger partial charge on any atom is 0.254 e. The van der Waals surface area contributed by atoms with E-state index in [0.29, 0.717) is 18.0 Å². The van der Waals surface area contributed by atoms with Gasteiger partial charge < -0.3 is 19.7 Å².